The Morgan fingerprint density at radius 3 is 1.82 bits per heavy atom. The number of methoxy groups -OCH3 is 2. The molecule has 0 amide bonds. The summed E-state index contributed by atoms with van der Waals surface area (Å²) < 4.78 is 22.0. The van der Waals surface area contributed by atoms with Crippen LogP contribution in [0.1, 0.15) is 11.1 Å². The summed E-state index contributed by atoms with van der Waals surface area (Å²) in [7, 11) is 3.21. The van der Waals surface area contributed by atoms with Gasteiger partial charge in [-0.15, -0.1) is 37.2 Å². The van der Waals surface area contributed by atoms with E-state index in [1.165, 1.54) is 0 Å². The Balaban J connectivity index is 0.00000169. The van der Waals surface area contributed by atoms with E-state index in [-0.39, 0.29) is 42.8 Å². The van der Waals surface area contributed by atoms with Gasteiger partial charge in [-0.2, -0.15) is 0 Å². The number of morpholine rings is 1. The van der Waals surface area contributed by atoms with Crippen molar-refractivity contribution in [2.24, 2.45) is 0 Å². The number of ether oxygens (including phenoxy) is 3. The second-order valence-electron chi connectivity index (χ2n) is 9.71. The molecule has 5 rings (SSSR count). The van der Waals surface area contributed by atoms with Crippen LogP contribution in [0.2, 0.25) is 0 Å². The lowest BCUT2D eigenvalue weighted by Crippen LogP contribution is -2.51. The smallest absolute Gasteiger partial charge is 0.341 e. The number of fused-ring (bicyclic) bond motifs is 3. The summed E-state index contributed by atoms with van der Waals surface area (Å²) in [5.74, 6) is 1.23. The second kappa shape index (κ2) is 15.5. The molecule has 1 aromatic carbocycles. The van der Waals surface area contributed by atoms with Gasteiger partial charge in [0.1, 0.15) is 5.58 Å². The van der Waals surface area contributed by atoms with Gasteiger partial charge in [-0.3, -0.25) is 19.6 Å². The number of piperazine rings is 1. The van der Waals surface area contributed by atoms with Crippen molar-refractivity contribution in [2.45, 2.75) is 13.0 Å². The third kappa shape index (κ3) is 7.67. The zero-order chi connectivity index (χ0) is 24.2. The minimum atomic E-state index is -0.238. The molecule has 0 N–H and O–H groups in total. The number of hydrogen-bond acceptors (Lipinski definition) is 9. The largest absolute Gasteiger partial charge is 0.493 e. The molecule has 2 fully saturated rings. The fourth-order valence-electron chi connectivity index (χ4n) is 5.46. The Kier molecular flexibility index (Phi) is 13.4. The molecule has 0 atom stereocenters. The average molecular weight is 596 g/mol. The van der Waals surface area contributed by atoms with Crippen molar-refractivity contribution in [3.63, 3.8) is 0 Å². The van der Waals surface area contributed by atoms with E-state index in [9.17, 15) is 4.79 Å². The minimum Gasteiger partial charge on any atom is -0.493 e. The topological polar surface area (TPSA) is 70.9 Å². The molecule has 0 bridgehead atoms. The first-order chi connectivity index (χ1) is 17.1. The summed E-state index contributed by atoms with van der Waals surface area (Å²) in [5, 5.41) is 0.949. The van der Waals surface area contributed by atoms with Crippen LogP contribution >= 0.6 is 37.2 Å². The molecule has 2 aromatic rings. The van der Waals surface area contributed by atoms with E-state index in [4.69, 9.17) is 18.6 Å². The first kappa shape index (κ1) is 32.9. The van der Waals surface area contributed by atoms with E-state index in [1.807, 2.05) is 6.07 Å². The normalized spacial score (nSPS) is 19.1. The predicted octanol–water partition coefficient (Wildman–Crippen LogP) is 2.38. The molecular formula is C26H41Cl3N4O5. The molecule has 216 valence electrons. The Morgan fingerprint density at radius 1 is 0.711 bits per heavy atom. The molecule has 0 saturated carbocycles. The quantitative estimate of drug-likeness (QED) is 0.428. The first-order valence-corrected chi connectivity index (χ1v) is 12.8. The van der Waals surface area contributed by atoms with Crippen molar-refractivity contribution < 1.29 is 18.6 Å². The molecule has 3 aliphatic heterocycles. The molecule has 0 spiro atoms. The summed E-state index contributed by atoms with van der Waals surface area (Å²) in [6.07, 6.45) is 0.836. The van der Waals surface area contributed by atoms with Gasteiger partial charge in [-0.05, 0) is 18.1 Å². The maximum absolute atomic E-state index is 12.8. The van der Waals surface area contributed by atoms with E-state index in [1.54, 1.807) is 20.3 Å². The fraction of sp³-hybridized carbons (Fsp3) is 0.654. The van der Waals surface area contributed by atoms with Crippen LogP contribution in [0, 0.1) is 0 Å². The Labute approximate surface area is 243 Å². The second-order valence-corrected chi connectivity index (χ2v) is 9.71. The number of hydrogen-bond donors (Lipinski definition) is 0. The molecule has 3 aliphatic rings. The molecule has 9 nitrogen and oxygen atoms in total. The van der Waals surface area contributed by atoms with Crippen molar-refractivity contribution in [2.75, 3.05) is 99.4 Å². The van der Waals surface area contributed by atoms with Gasteiger partial charge in [-0.25, -0.2) is 4.79 Å². The van der Waals surface area contributed by atoms with Crippen LogP contribution in [0.3, 0.4) is 0 Å². The van der Waals surface area contributed by atoms with Gasteiger partial charge < -0.3 is 18.6 Å². The molecular weight excluding hydrogens is 555 g/mol. The summed E-state index contributed by atoms with van der Waals surface area (Å²) in [6, 6.07) is 3.69. The highest BCUT2D eigenvalue weighted by Gasteiger charge is 2.25. The maximum Gasteiger partial charge on any atom is 0.341 e. The zero-order valence-electron chi connectivity index (χ0n) is 22.3. The molecule has 0 unspecified atom stereocenters. The number of nitrogens with zero attached hydrogens (tertiary/aromatic N) is 4. The standard InChI is InChI=1S/C26H38N4O5.3ClH/c1-32-24-17-21-20-3-4-30(19-22(20)26(31)35-23(21)18-25(24)33-2)12-11-28-7-5-27(6-8-28)9-10-29-13-15-34-16-14-29;;;/h17-18H,3-16,19H2,1-2H3;3*1H. The van der Waals surface area contributed by atoms with Crippen LogP contribution in [-0.4, -0.2) is 119 Å². The Bertz CT molecular complexity index is 1080. The summed E-state index contributed by atoms with van der Waals surface area (Å²) in [6.45, 7) is 14.2. The van der Waals surface area contributed by atoms with Crippen molar-refractivity contribution in [3.05, 3.63) is 33.7 Å². The van der Waals surface area contributed by atoms with E-state index in [0.29, 0.717) is 23.6 Å². The van der Waals surface area contributed by atoms with Gasteiger partial charge in [0.05, 0.1) is 33.0 Å². The third-order valence-corrected chi connectivity index (χ3v) is 7.72. The number of halogens is 3. The van der Waals surface area contributed by atoms with Crippen LogP contribution < -0.4 is 15.1 Å². The van der Waals surface area contributed by atoms with Gasteiger partial charge >= 0.3 is 5.63 Å². The lowest BCUT2D eigenvalue weighted by molar-refractivity contribution is 0.0295. The minimum absolute atomic E-state index is 0. The summed E-state index contributed by atoms with van der Waals surface area (Å²) >= 11 is 0. The van der Waals surface area contributed by atoms with Crippen molar-refractivity contribution >= 4 is 48.2 Å². The van der Waals surface area contributed by atoms with Crippen LogP contribution in [0.5, 0.6) is 11.5 Å². The molecule has 2 saturated heterocycles. The maximum atomic E-state index is 12.8. The van der Waals surface area contributed by atoms with E-state index < -0.39 is 0 Å². The van der Waals surface area contributed by atoms with Crippen LogP contribution in [0.4, 0.5) is 0 Å². The highest BCUT2D eigenvalue weighted by Crippen LogP contribution is 2.35. The summed E-state index contributed by atoms with van der Waals surface area (Å²) in [5.41, 5.74) is 2.19. The number of benzene rings is 1. The molecule has 1 aromatic heterocycles. The van der Waals surface area contributed by atoms with E-state index >= 15 is 0 Å². The third-order valence-electron chi connectivity index (χ3n) is 7.72. The van der Waals surface area contributed by atoms with Gasteiger partial charge in [0.2, 0.25) is 0 Å². The SMILES string of the molecule is COc1cc2oc(=O)c3c(c2cc1OC)CCN(CCN1CCN(CCN2CCOCC2)CC1)C3.Cl.Cl.Cl. The molecule has 4 heterocycles. The predicted molar refractivity (Wildman–Crippen MR) is 156 cm³/mol. The van der Waals surface area contributed by atoms with E-state index in [0.717, 1.165) is 108 Å². The molecule has 38 heavy (non-hydrogen) atoms. The van der Waals surface area contributed by atoms with Crippen molar-refractivity contribution in [1.82, 2.24) is 19.6 Å². The first-order valence-electron chi connectivity index (χ1n) is 12.8. The molecule has 0 radical (unpaired) electrons. The lowest BCUT2D eigenvalue weighted by atomic mass is 9.97. The highest BCUT2D eigenvalue weighted by molar-refractivity contribution is 5.86. The van der Waals surface area contributed by atoms with Crippen molar-refractivity contribution in [3.8, 4) is 11.5 Å². The highest BCUT2D eigenvalue weighted by atomic mass is 35.5. The van der Waals surface area contributed by atoms with Crippen LogP contribution in [0.15, 0.2) is 21.3 Å². The zero-order valence-corrected chi connectivity index (χ0v) is 24.8. The van der Waals surface area contributed by atoms with Crippen LogP contribution in [-0.2, 0) is 17.7 Å². The fourth-order valence-corrected chi connectivity index (χ4v) is 5.46. The monoisotopic (exact) mass is 594 g/mol. The Morgan fingerprint density at radius 2 is 1.24 bits per heavy atom. The van der Waals surface area contributed by atoms with Gasteiger partial charge in [0.25, 0.3) is 0 Å². The van der Waals surface area contributed by atoms with Crippen LogP contribution in [0.25, 0.3) is 11.0 Å². The average Bonchev–Trinajstić information content (AvgIpc) is 2.91. The molecule has 12 heteroatoms. The molecule has 0 aliphatic carbocycles. The van der Waals surface area contributed by atoms with Crippen molar-refractivity contribution in [1.29, 1.82) is 0 Å². The van der Waals surface area contributed by atoms with Gasteiger partial charge in [0.15, 0.2) is 11.5 Å². The van der Waals surface area contributed by atoms with Gasteiger partial charge in [0, 0.05) is 90.0 Å². The Hall–Kier alpha value is -1.30. The number of rotatable bonds is 8. The van der Waals surface area contributed by atoms with E-state index in [2.05, 4.69) is 19.6 Å². The lowest BCUT2D eigenvalue weighted by Gasteiger charge is -2.37. The van der Waals surface area contributed by atoms with Gasteiger partial charge in [-0.1, -0.05) is 0 Å². The summed E-state index contributed by atoms with van der Waals surface area (Å²) in [4.78, 5) is 22.8.